The molecule has 0 fully saturated rings. The minimum atomic E-state index is -0.383. The highest BCUT2D eigenvalue weighted by atomic mass is 16.6. The van der Waals surface area contributed by atoms with Gasteiger partial charge in [-0.2, -0.15) is 0 Å². The molecule has 6 heteroatoms. The molecule has 7 aromatic carbocycles. The Bertz CT molecular complexity index is 2410. The Morgan fingerprint density at radius 3 is 0.982 bits per heavy atom. The Morgan fingerprint density at radius 1 is 0.339 bits per heavy atom. The van der Waals surface area contributed by atoms with Crippen molar-refractivity contribution in [1.29, 1.82) is 0 Å². The average molecular weight is 729 g/mol. The highest BCUT2D eigenvalue weighted by Crippen LogP contribution is 2.31. The molecule has 0 saturated heterocycles. The Kier molecular flexibility index (Phi) is 11.4. The molecule has 0 radical (unpaired) electrons. The molecule has 56 heavy (non-hydrogen) atoms. The quantitative estimate of drug-likeness (QED) is 0.0712. The van der Waals surface area contributed by atoms with Crippen LogP contribution in [-0.2, 0) is 0 Å². The SMILES string of the molecule is O=[N+]([O-])c1ccc(C(=Cc2ccccc2C=Cc2ccc(C=Cc3ccccc3C=C(c3ccccc3)c3ccc([N+](=O)[O-])cc3)cc2)c2ccccc2)cc1. The molecule has 0 unspecified atom stereocenters. The third kappa shape index (κ3) is 9.08. The standard InChI is InChI=1S/C50H36N2O4/c53-51(54)47-31-27-43(28-32-47)49(41-13-3-1-4-14-41)35-45-17-9-7-11-39(45)25-23-37-19-21-38(22-20-37)24-26-40-12-8-10-18-46(40)36-50(42-15-5-2-6-16-42)44-29-33-48(34-30-44)52(55)56/h1-36H. The van der Waals surface area contributed by atoms with Gasteiger partial charge >= 0.3 is 0 Å². The first-order chi connectivity index (χ1) is 27.4. The van der Waals surface area contributed by atoms with Crippen molar-refractivity contribution in [3.05, 3.63) is 258 Å². The first-order valence-electron chi connectivity index (χ1n) is 18.1. The largest absolute Gasteiger partial charge is 0.269 e. The van der Waals surface area contributed by atoms with Crippen LogP contribution in [0.2, 0.25) is 0 Å². The summed E-state index contributed by atoms with van der Waals surface area (Å²) in [5.74, 6) is 0. The summed E-state index contributed by atoms with van der Waals surface area (Å²) < 4.78 is 0. The Balaban J connectivity index is 1.13. The van der Waals surface area contributed by atoms with E-state index >= 15 is 0 Å². The molecule has 0 N–H and O–H groups in total. The lowest BCUT2D eigenvalue weighted by molar-refractivity contribution is -0.385. The minimum Gasteiger partial charge on any atom is -0.258 e. The van der Waals surface area contributed by atoms with Gasteiger partial charge in [0.1, 0.15) is 0 Å². The van der Waals surface area contributed by atoms with E-state index in [1.165, 1.54) is 0 Å². The second kappa shape index (κ2) is 17.4. The van der Waals surface area contributed by atoms with Gasteiger partial charge < -0.3 is 0 Å². The molecule has 0 aromatic heterocycles. The fraction of sp³-hybridized carbons (Fsp3) is 0. The zero-order valence-corrected chi connectivity index (χ0v) is 30.3. The van der Waals surface area contributed by atoms with E-state index in [0.29, 0.717) is 0 Å². The number of nitrogens with zero attached hydrogens (tertiary/aromatic N) is 2. The molecule has 0 aliphatic carbocycles. The summed E-state index contributed by atoms with van der Waals surface area (Å²) in [6.07, 6.45) is 12.7. The molecule has 0 aliphatic heterocycles. The normalized spacial score (nSPS) is 11.9. The van der Waals surface area contributed by atoms with E-state index in [0.717, 1.165) is 66.8 Å². The van der Waals surface area contributed by atoms with Gasteiger partial charge in [0, 0.05) is 24.3 Å². The van der Waals surface area contributed by atoms with Crippen molar-refractivity contribution in [2.75, 3.05) is 0 Å². The molecule has 7 rings (SSSR count). The van der Waals surface area contributed by atoms with Crippen molar-refractivity contribution < 1.29 is 9.85 Å². The average Bonchev–Trinajstić information content (AvgIpc) is 3.25. The zero-order chi connectivity index (χ0) is 38.7. The third-order valence-electron chi connectivity index (χ3n) is 9.39. The van der Waals surface area contributed by atoms with Gasteiger partial charge in [-0.3, -0.25) is 20.2 Å². The number of nitro benzene ring substituents is 2. The number of nitro groups is 2. The van der Waals surface area contributed by atoms with Crippen LogP contribution < -0.4 is 0 Å². The van der Waals surface area contributed by atoms with Gasteiger partial charge in [0.15, 0.2) is 0 Å². The third-order valence-corrected chi connectivity index (χ3v) is 9.39. The van der Waals surface area contributed by atoms with Gasteiger partial charge in [0.05, 0.1) is 9.85 Å². The van der Waals surface area contributed by atoms with Crippen molar-refractivity contribution >= 4 is 59.0 Å². The second-order valence-electron chi connectivity index (χ2n) is 13.0. The van der Waals surface area contributed by atoms with Crippen LogP contribution in [0.15, 0.2) is 182 Å². The highest BCUT2D eigenvalue weighted by Gasteiger charge is 2.12. The van der Waals surface area contributed by atoms with Crippen molar-refractivity contribution in [3.63, 3.8) is 0 Å². The summed E-state index contributed by atoms with van der Waals surface area (Å²) in [4.78, 5) is 21.8. The molecule has 7 aromatic rings. The van der Waals surface area contributed by atoms with E-state index in [4.69, 9.17) is 0 Å². The first-order valence-corrected chi connectivity index (χ1v) is 18.1. The van der Waals surface area contributed by atoms with Crippen LogP contribution in [0.1, 0.15) is 55.6 Å². The van der Waals surface area contributed by atoms with Crippen LogP contribution in [0.5, 0.6) is 0 Å². The molecule has 0 bridgehead atoms. The Hall–Kier alpha value is -7.70. The molecule has 0 spiro atoms. The molecule has 270 valence electrons. The van der Waals surface area contributed by atoms with Gasteiger partial charge in [-0.25, -0.2) is 0 Å². The van der Waals surface area contributed by atoms with Crippen LogP contribution in [0, 0.1) is 20.2 Å². The molecular formula is C50H36N2O4. The summed E-state index contributed by atoms with van der Waals surface area (Å²) >= 11 is 0. The predicted molar refractivity (Wildman–Crippen MR) is 230 cm³/mol. The molecule has 0 atom stereocenters. The van der Waals surface area contributed by atoms with E-state index in [1.807, 2.05) is 84.9 Å². The van der Waals surface area contributed by atoms with E-state index in [-0.39, 0.29) is 21.2 Å². The summed E-state index contributed by atoms with van der Waals surface area (Å²) in [5, 5.41) is 22.6. The monoisotopic (exact) mass is 728 g/mol. The maximum absolute atomic E-state index is 11.3. The molecule has 0 aliphatic rings. The fourth-order valence-corrected chi connectivity index (χ4v) is 6.42. The minimum absolute atomic E-state index is 0.0576. The van der Waals surface area contributed by atoms with Crippen molar-refractivity contribution in [1.82, 2.24) is 0 Å². The molecule has 0 saturated carbocycles. The van der Waals surface area contributed by atoms with Crippen LogP contribution in [-0.4, -0.2) is 9.85 Å². The molecule has 0 heterocycles. The number of rotatable bonds is 12. The smallest absolute Gasteiger partial charge is 0.258 e. The van der Waals surface area contributed by atoms with Gasteiger partial charge in [-0.05, 0) is 103 Å². The van der Waals surface area contributed by atoms with Crippen molar-refractivity contribution in [3.8, 4) is 0 Å². The van der Waals surface area contributed by atoms with Crippen LogP contribution in [0.4, 0.5) is 11.4 Å². The van der Waals surface area contributed by atoms with E-state index in [9.17, 15) is 20.2 Å². The number of hydrogen-bond acceptors (Lipinski definition) is 4. The van der Waals surface area contributed by atoms with Gasteiger partial charge in [-0.15, -0.1) is 0 Å². The summed E-state index contributed by atoms with van der Waals surface area (Å²) in [6.45, 7) is 0. The number of hydrogen-bond donors (Lipinski definition) is 0. The van der Waals surface area contributed by atoms with Crippen molar-refractivity contribution in [2.45, 2.75) is 0 Å². The number of benzene rings is 7. The predicted octanol–water partition coefficient (Wildman–Crippen LogP) is 13.0. The summed E-state index contributed by atoms with van der Waals surface area (Å²) in [5.41, 5.74) is 12.1. The van der Waals surface area contributed by atoms with Crippen LogP contribution >= 0.6 is 0 Å². The number of non-ortho nitro benzene ring substituents is 2. The van der Waals surface area contributed by atoms with Crippen LogP contribution in [0.25, 0.3) is 47.6 Å². The van der Waals surface area contributed by atoms with Crippen LogP contribution in [0.3, 0.4) is 0 Å². The fourth-order valence-electron chi connectivity index (χ4n) is 6.42. The van der Waals surface area contributed by atoms with E-state index < -0.39 is 0 Å². The van der Waals surface area contributed by atoms with E-state index in [2.05, 4.69) is 85.0 Å². The Labute approximate surface area is 325 Å². The lowest BCUT2D eigenvalue weighted by Crippen LogP contribution is -1.92. The zero-order valence-electron chi connectivity index (χ0n) is 30.3. The van der Waals surface area contributed by atoms with Crippen molar-refractivity contribution in [2.24, 2.45) is 0 Å². The first kappa shape index (κ1) is 36.6. The highest BCUT2D eigenvalue weighted by molar-refractivity contribution is 5.95. The topological polar surface area (TPSA) is 86.3 Å². The van der Waals surface area contributed by atoms with Gasteiger partial charge in [0.25, 0.3) is 11.4 Å². The molecule has 6 nitrogen and oxygen atoms in total. The maximum atomic E-state index is 11.3. The second-order valence-corrected chi connectivity index (χ2v) is 13.0. The molecule has 0 amide bonds. The van der Waals surface area contributed by atoms with E-state index in [1.54, 1.807) is 48.5 Å². The summed E-state index contributed by atoms with van der Waals surface area (Å²) in [7, 11) is 0. The molecular weight excluding hydrogens is 693 g/mol. The summed E-state index contributed by atoms with van der Waals surface area (Å²) in [6, 6.07) is 58.1. The maximum Gasteiger partial charge on any atom is 0.269 e. The van der Waals surface area contributed by atoms with Gasteiger partial charge in [0.2, 0.25) is 0 Å². The lowest BCUT2D eigenvalue weighted by atomic mass is 9.94. The lowest BCUT2D eigenvalue weighted by Gasteiger charge is -2.10. The Morgan fingerprint density at radius 2 is 0.643 bits per heavy atom. The van der Waals surface area contributed by atoms with Gasteiger partial charge in [-0.1, -0.05) is 158 Å².